The van der Waals surface area contributed by atoms with E-state index in [-0.39, 0.29) is 19.1 Å². The highest BCUT2D eigenvalue weighted by molar-refractivity contribution is 7.80. The summed E-state index contributed by atoms with van der Waals surface area (Å²) in [5.41, 5.74) is 7.04. The fourth-order valence-corrected chi connectivity index (χ4v) is 4.36. The third-order valence-electron chi connectivity index (χ3n) is 5.99. The number of esters is 1. The van der Waals surface area contributed by atoms with Crippen LogP contribution in [0.15, 0.2) is 52.8 Å². The number of carbonyl (C=O) groups excluding carboxylic acids is 2. The predicted molar refractivity (Wildman–Crippen MR) is 150 cm³/mol. The van der Waals surface area contributed by atoms with Crippen LogP contribution in [0.1, 0.15) is 61.9 Å². The number of thiocarbonyl (C=S) groups is 1. The zero-order chi connectivity index (χ0) is 27.8. The van der Waals surface area contributed by atoms with Crippen molar-refractivity contribution in [2.24, 2.45) is 5.10 Å². The lowest BCUT2D eigenvalue weighted by Crippen LogP contribution is -2.45. The molecule has 202 valence electrons. The molecule has 0 unspecified atom stereocenters. The minimum Gasteiger partial charge on any atom is -0.496 e. The van der Waals surface area contributed by atoms with Gasteiger partial charge in [-0.25, -0.2) is 10.2 Å². The Labute approximate surface area is 228 Å². The summed E-state index contributed by atoms with van der Waals surface area (Å²) in [6.45, 7) is 9.59. The zero-order valence-corrected chi connectivity index (χ0v) is 23.3. The number of hydrogen-bond acceptors (Lipinski definition) is 7. The van der Waals surface area contributed by atoms with Crippen LogP contribution in [0, 0.1) is 6.92 Å². The quantitative estimate of drug-likeness (QED) is 0.180. The van der Waals surface area contributed by atoms with Crippen molar-refractivity contribution in [3.8, 4) is 11.5 Å². The van der Waals surface area contributed by atoms with E-state index in [4.69, 9.17) is 26.4 Å². The number of carbonyl (C=O) groups is 2. The highest BCUT2D eigenvalue weighted by Crippen LogP contribution is 2.33. The van der Waals surface area contributed by atoms with Gasteiger partial charge in [0.2, 0.25) is 0 Å². The molecule has 0 aliphatic carbocycles. The highest BCUT2D eigenvalue weighted by Gasteiger charge is 2.32. The third kappa shape index (κ3) is 6.89. The topological polar surface area (TPSA) is 110 Å². The van der Waals surface area contributed by atoms with Crippen LogP contribution in [0.25, 0.3) is 0 Å². The molecule has 1 atom stereocenters. The number of benzene rings is 2. The largest absolute Gasteiger partial charge is 0.496 e. The first-order chi connectivity index (χ1) is 18.2. The molecule has 0 saturated carbocycles. The lowest BCUT2D eigenvalue weighted by molar-refractivity contribution is -0.139. The van der Waals surface area contributed by atoms with Gasteiger partial charge in [0.1, 0.15) is 11.5 Å². The molecule has 1 heterocycles. The van der Waals surface area contributed by atoms with E-state index in [1.54, 1.807) is 39.3 Å². The number of allylic oxidation sites excluding steroid dienone is 1. The van der Waals surface area contributed by atoms with Gasteiger partial charge in [0, 0.05) is 11.3 Å². The van der Waals surface area contributed by atoms with Crippen LogP contribution < -0.4 is 25.5 Å². The zero-order valence-electron chi connectivity index (χ0n) is 22.5. The molecule has 1 amide bonds. The molecule has 9 nitrogen and oxygen atoms in total. The van der Waals surface area contributed by atoms with E-state index in [9.17, 15) is 9.59 Å². The number of aryl methyl sites for hydroxylation is 1. The number of nitrogens with one attached hydrogen (secondary N) is 3. The molecule has 0 saturated heterocycles. The number of hydrazone groups is 1. The summed E-state index contributed by atoms with van der Waals surface area (Å²) in [6, 6.07) is 10.5. The van der Waals surface area contributed by atoms with Gasteiger partial charge in [-0.2, -0.15) is 5.10 Å². The van der Waals surface area contributed by atoms with Crippen molar-refractivity contribution in [1.82, 2.24) is 16.1 Å². The van der Waals surface area contributed by atoms with Crippen molar-refractivity contribution < 1.29 is 23.8 Å². The lowest BCUT2D eigenvalue weighted by atomic mass is 9.95. The summed E-state index contributed by atoms with van der Waals surface area (Å²) in [5, 5.41) is 10.6. The minimum atomic E-state index is -0.603. The third-order valence-corrected chi connectivity index (χ3v) is 6.21. The van der Waals surface area contributed by atoms with Crippen LogP contribution in [0.5, 0.6) is 11.5 Å². The Kier molecular flexibility index (Phi) is 9.84. The number of ether oxygens (including phenoxy) is 3. The van der Waals surface area contributed by atoms with Crippen LogP contribution in [0.3, 0.4) is 0 Å². The van der Waals surface area contributed by atoms with Crippen LogP contribution in [-0.2, 0) is 14.3 Å². The smallest absolute Gasteiger partial charge is 0.338 e. The van der Waals surface area contributed by atoms with Crippen LogP contribution in [-0.4, -0.2) is 43.5 Å². The number of para-hydroxylation sites is 1. The second kappa shape index (κ2) is 13.0. The number of rotatable bonds is 10. The first kappa shape index (κ1) is 28.6. The Morgan fingerprint density at radius 2 is 1.92 bits per heavy atom. The SMILES string of the molecule is CCOC(=O)C1=C(C)NC(=S)N[C@H]1c1ccccc1OCC(=O)NN=Cc1cc(C(C)C)c(OC)cc1C. The van der Waals surface area contributed by atoms with Gasteiger partial charge in [-0.05, 0) is 73.8 Å². The van der Waals surface area contributed by atoms with E-state index < -0.39 is 17.9 Å². The van der Waals surface area contributed by atoms with E-state index in [0.29, 0.717) is 27.7 Å². The van der Waals surface area contributed by atoms with Crippen molar-refractivity contribution in [2.45, 2.75) is 46.6 Å². The molecule has 0 fully saturated rings. The fraction of sp³-hybridized carbons (Fsp3) is 0.357. The maximum atomic E-state index is 12.7. The summed E-state index contributed by atoms with van der Waals surface area (Å²) in [7, 11) is 1.65. The second-order valence-corrected chi connectivity index (χ2v) is 9.42. The molecule has 3 N–H and O–H groups in total. The molecule has 2 aromatic carbocycles. The predicted octanol–water partition coefficient (Wildman–Crippen LogP) is 4.01. The van der Waals surface area contributed by atoms with Crippen LogP contribution in [0.2, 0.25) is 0 Å². The average molecular weight is 539 g/mol. The number of methoxy groups -OCH3 is 1. The minimum absolute atomic E-state index is 0.237. The maximum Gasteiger partial charge on any atom is 0.338 e. The Morgan fingerprint density at radius 3 is 2.61 bits per heavy atom. The van der Waals surface area contributed by atoms with Crippen molar-refractivity contribution in [3.05, 3.63) is 69.9 Å². The Balaban J connectivity index is 1.72. The molecule has 0 spiro atoms. The molecule has 1 aliphatic heterocycles. The molecule has 10 heteroatoms. The molecule has 3 rings (SSSR count). The van der Waals surface area contributed by atoms with Gasteiger partial charge < -0.3 is 24.8 Å². The summed E-state index contributed by atoms with van der Waals surface area (Å²) in [6.07, 6.45) is 1.60. The molecule has 0 aromatic heterocycles. The molecule has 38 heavy (non-hydrogen) atoms. The van der Waals surface area contributed by atoms with Gasteiger partial charge >= 0.3 is 5.97 Å². The number of nitrogens with zero attached hydrogens (tertiary/aromatic N) is 1. The fourth-order valence-electron chi connectivity index (χ4n) is 4.09. The van der Waals surface area contributed by atoms with Gasteiger partial charge in [-0.15, -0.1) is 0 Å². The molecule has 0 bridgehead atoms. The van der Waals surface area contributed by atoms with Gasteiger partial charge in [0.05, 0.1) is 31.5 Å². The maximum absolute atomic E-state index is 12.7. The Bertz CT molecular complexity index is 1270. The first-order valence-corrected chi connectivity index (χ1v) is 12.7. The summed E-state index contributed by atoms with van der Waals surface area (Å²) in [5.74, 6) is 0.626. The monoisotopic (exact) mass is 538 g/mol. The van der Waals surface area contributed by atoms with Crippen molar-refractivity contribution in [2.75, 3.05) is 20.3 Å². The van der Waals surface area contributed by atoms with Gasteiger partial charge in [0.25, 0.3) is 5.91 Å². The molecule has 0 radical (unpaired) electrons. The van der Waals surface area contributed by atoms with Crippen molar-refractivity contribution in [1.29, 1.82) is 0 Å². The number of hydrogen-bond donors (Lipinski definition) is 3. The molecule has 1 aliphatic rings. The van der Waals surface area contributed by atoms with E-state index >= 15 is 0 Å². The van der Waals surface area contributed by atoms with Gasteiger partial charge in [-0.1, -0.05) is 32.0 Å². The van der Waals surface area contributed by atoms with Gasteiger partial charge in [-0.3, -0.25) is 4.79 Å². The van der Waals surface area contributed by atoms with E-state index in [0.717, 1.165) is 22.4 Å². The van der Waals surface area contributed by atoms with Gasteiger partial charge in [0.15, 0.2) is 11.7 Å². The normalized spacial score (nSPS) is 15.2. The Morgan fingerprint density at radius 1 is 1.18 bits per heavy atom. The van der Waals surface area contributed by atoms with E-state index in [2.05, 4.69) is 35.0 Å². The van der Waals surface area contributed by atoms with E-state index in [1.807, 2.05) is 31.2 Å². The average Bonchev–Trinajstić information content (AvgIpc) is 2.87. The van der Waals surface area contributed by atoms with Crippen molar-refractivity contribution >= 4 is 35.4 Å². The number of amides is 1. The first-order valence-electron chi connectivity index (χ1n) is 12.3. The summed E-state index contributed by atoms with van der Waals surface area (Å²) in [4.78, 5) is 25.2. The molecule has 2 aromatic rings. The second-order valence-electron chi connectivity index (χ2n) is 9.02. The van der Waals surface area contributed by atoms with E-state index in [1.165, 1.54) is 0 Å². The van der Waals surface area contributed by atoms with Crippen LogP contribution >= 0.6 is 12.2 Å². The summed E-state index contributed by atoms with van der Waals surface area (Å²) < 4.78 is 16.6. The van der Waals surface area contributed by atoms with Crippen LogP contribution in [0.4, 0.5) is 0 Å². The summed E-state index contributed by atoms with van der Waals surface area (Å²) >= 11 is 5.31. The highest BCUT2D eigenvalue weighted by atomic mass is 32.1. The standard InChI is InChI=1S/C28H34N4O5S/c1-7-36-27(34)25-18(5)30-28(38)31-26(25)20-10-8-9-11-22(20)37-15-24(33)32-29-14-19-13-21(16(2)3)23(35-6)12-17(19)4/h8-14,16,26H,7,15H2,1-6H3,(H,32,33)(H2,30,31,38)/t26-/m0/s1. The van der Waals surface area contributed by atoms with Crippen molar-refractivity contribution in [3.63, 3.8) is 0 Å². The Hall–Kier alpha value is -3.92. The molecular formula is C28H34N4O5S. The molecular weight excluding hydrogens is 504 g/mol. The lowest BCUT2D eigenvalue weighted by Gasteiger charge is -2.30.